The first-order valence-electron chi connectivity index (χ1n) is 7.49. The zero-order valence-corrected chi connectivity index (χ0v) is 13.1. The fourth-order valence-corrected chi connectivity index (χ4v) is 1.59. The molecule has 124 valence electrons. The van der Waals surface area contributed by atoms with Crippen LogP contribution in [0.1, 0.15) is 19.8 Å². The normalized spacial score (nSPS) is 11.0. The van der Waals surface area contributed by atoms with Gasteiger partial charge in [-0.25, -0.2) is 0 Å². The summed E-state index contributed by atoms with van der Waals surface area (Å²) in [5, 5.41) is 8.74. The monoisotopic (exact) mass is 303 g/mol. The molecule has 0 aromatic carbocycles. The van der Waals surface area contributed by atoms with Gasteiger partial charge in [-0.1, -0.05) is 19.4 Å². The second-order valence-electron chi connectivity index (χ2n) is 4.61. The van der Waals surface area contributed by atoms with Crippen LogP contribution in [0.3, 0.4) is 0 Å². The number of ether oxygens (including phenoxy) is 3. The Kier molecular flexibility index (Phi) is 14.7. The summed E-state index contributed by atoms with van der Waals surface area (Å²) in [5.74, 6) is -0.844. The summed E-state index contributed by atoms with van der Waals surface area (Å²) in [4.78, 5) is 12.4. The molecule has 0 aliphatic rings. The highest BCUT2D eigenvalue weighted by atomic mass is 16.5. The third kappa shape index (κ3) is 15.3. The lowest BCUT2D eigenvalue weighted by Crippen LogP contribution is -2.33. The molecule has 0 aliphatic heterocycles. The van der Waals surface area contributed by atoms with E-state index in [1.165, 1.54) is 0 Å². The molecule has 0 bridgehead atoms. The summed E-state index contributed by atoms with van der Waals surface area (Å²) in [7, 11) is 0. The van der Waals surface area contributed by atoms with Gasteiger partial charge in [0.2, 0.25) is 0 Å². The standard InChI is InChI=1S/C15H29NO5/c1-3-5-8-19-10-12-21-13-11-20-9-7-16(6-4-2)14-15(17)18/h4H,2-3,5-14H2,1H3,(H,17,18). The van der Waals surface area contributed by atoms with Gasteiger partial charge in [-0.2, -0.15) is 0 Å². The van der Waals surface area contributed by atoms with E-state index in [1.807, 2.05) is 0 Å². The van der Waals surface area contributed by atoms with Crippen molar-refractivity contribution in [2.45, 2.75) is 19.8 Å². The van der Waals surface area contributed by atoms with Gasteiger partial charge < -0.3 is 19.3 Å². The largest absolute Gasteiger partial charge is 0.480 e. The molecule has 0 heterocycles. The summed E-state index contributed by atoms with van der Waals surface area (Å²) < 4.78 is 16.1. The van der Waals surface area contributed by atoms with Crippen LogP contribution in [0.2, 0.25) is 0 Å². The molecule has 0 aliphatic carbocycles. The maximum atomic E-state index is 10.6. The number of carboxylic acids is 1. The van der Waals surface area contributed by atoms with E-state index in [1.54, 1.807) is 11.0 Å². The van der Waals surface area contributed by atoms with Crippen LogP contribution < -0.4 is 0 Å². The lowest BCUT2D eigenvalue weighted by molar-refractivity contribution is -0.138. The van der Waals surface area contributed by atoms with E-state index >= 15 is 0 Å². The number of aliphatic carboxylic acids is 1. The van der Waals surface area contributed by atoms with Crippen LogP contribution in [-0.2, 0) is 19.0 Å². The highest BCUT2D eigenvalue weighted by Gasteiger charge is 2.07. The molecule has 0 unspecified atom stereocenters. The second kappa shape index (κ2) is 15.4. The van der Waals surface area contributed by atoms with E-state index in [-0.39, 0.29) is 6.54 Å². The zero-order valence-electron chi connectivity index (χ0n) is 13.1. The van der Waals surface area contributed by atoms with E-state index in [4.69, 9.17) is 19.3 Å². The molecular formula is C15H29NO5. The van der Waals surface area contributed by atoms with Crippen LogP contribution in [0.4, 0.5) is 0 Å². The van der Waals surface area contributed by atoms with E-state index in [2.05, 4.69) is 13.5 Å². The van der Waals surface area contributed by atoms with Crippen molar-refractivity contribution < 1.29 is 24.1 Å². The Morgan fingerprint density at radius 3 is 2.19 bits per heavy atom. The lowest BCUT2D eigenvalue weighted by atomic mass is 10.4. The maximum absolute atomic E-state index is 10.6. The Morgan fingerprint density at radius 2 is 1.67 bits per heavy atom. The van der Waals surface area contributed by atoms with Crippen molar-refractivity contribution >= 4 is 5.97 Å². The van der Waals surface area contributed by atoms with Gasteiger partial charge in [-0.15, -0.1) is 6.58 Å². The number of rotatable bonds is 16. The Morgan fingerprint density at radius 1 is 1.10 bits per heavy atom. The molecule has 21 heavy (non-hydrogen) atoms. The molecule has 0 aromatic rings. The molecule has 0 fully saturated rings. The van der Waals surface area contributed by atoms with Crippen molar-refractivity contribution in [1.29, 1.82) is 0 Å². The van der Waals surface area contributed by atoms with E-state index in [9.17, 15) is 4.79 Å². The quantitative estimate of drug-likeness (QED) is 0.343. The number of carbonyl (C=O) groups is 1. The summed E-state index contributed by atoms with van der Waals surface area (Å²) in [6.45, 7) is 10.3. The van der Waals surface area contributed by atoms with Gasteiger partial charge in [0.15, 0.2) is 0 Å². The predicted molar refractivity (Wildman–Crippen MR) is 81.6 cm³/mol. The van der Waals surface area contributed by atoms with Crippen LogP contribution in [0.25, 0.3) is 0 Å². The molecule has 1 N–H and O–H groups in total. The van der Waals surface area contributed by atoms with Crippen molar-refractivity contribution in [3.05, 3.63) is 12.7 Å². The van der Waals surface area contributed by atoms with Crippen LogP contribution >= 0.6 is 0 Å². The minimum absolute atomic E-state index is 0.000971. The fourth-order valence-electron chi connectivity index (χ4n) is 1.59. The fraction of sp³-hybridized carbons (Fsp3) is 0.800. The van der Waals surface area contributed by atoms with E-state index in [0.29, 0.717) is 46.1 Å². The van der Waals surface area contributed by atoms with Crippen molar-refractivity contribution in [2.75, 3.05) is 59.3 Å². The first kappa shape index (κ1) is 20.1. The maximum Gasteiger partial charge on any atom is 0.317 e. The SMILES string of the molecule is C=CCN(CCOCCOCCOCCCC)CC(=O)O. The molecule has 6 nitrogen and oxygen atoms in total. The average molecular weight is 303 g/mol. The van der Waals surface area contributed by atoms with Gasteiger partial charge in [0.25, 0.3) is 0 Å². The summed E-state index contributed by atoms with van der Waals surface area (Å²) in [5.41, 5.74) is 0. The van der Waals surface area contributed by atoms with Crippen molar-refractivity contribution in [2.24, 2.45) is 0 Å². The van der Waals surface area contributed by atoms with Crippen LogP contribution in [0, 0.1) is 0 Å². The first-order valence-corrected chi connectivity index (χ1v) is 7.49. The van der Waals surface area contributed by atoms with Crippen molar-refractivity contribution in [1.82, 2.24) is 4.90 Å². The highest BCUT2D eigenvalue weighted by Crippen LogP contribution is 1.90. The Labute approximate surface area is 127 Å². The van der Waals surface area contributed by atoms with Gasteiger partial charge in [-0.05, 0) is 6.42 Å². The number of nitrogens with zero attached hydrogens (tertiary/aromatic N) is 1. The number of unbranched alkanes of at least 4 members (excludes halogenated alkanes) is 1. The average Bonchev–Trinajstić information content (AvgIpc) is 2.44. The van der Waals surface area contributed by atoms with Crippen LogP contribution in [0.15, 0.2) is 12.7 Å². The predicted octanol–water partition coefficient (Wildman–Crippen LogP) is 1.41. The molecule has 0 atom stereocenters. The number of hydrogen-bond donors (Lipinski definition) is 1. The van der Waals surface area contributed by atoms with Gasteiger partial charge >= 0.3 is 5.97 Å². The topological polar surface area (TPSA) is 68.2 Å². The molecule has 6 heteroatoms. The number of hydrogen-bond acceptors (Lipinski definition) is 5. The third-order valence-corrected chi connectivity index (χ3v) is 2.68. The Balaban J connectivity index is 3.33. The minimum Gasteiger partial charge on any atom is -0.480 e. The van der Waals surface area contributed by atoms with Gasteiger partial charge in [-0.3, -0.25) is 9.69 Å². The van der Waals surface area contributed by atoms with Crippen molar-refractivity contribution in [3.63, 3.8) is 0 Å². The zero-order chi connectivity index (χ0) is 15.8. The molecule has 0 saturated carbocycles. The molecular weight excluding hydrogens is 274 g/mol. The molecule has 0 rings (SSSR count). The molecule has 0 spiro atoms. The Hall–Kier alpha value is -0.950. The smallest absolute Gasteiger partial charge is 0.317 e. The highest BCUT2D eigenvalue weighted by molar-refractivity contribution is 5.69. The molecule has 0 saturated heterocycles. The lowest BCUT2D eigenvalue weighted by Gasteiger charge is -2.17. The summed E-state index contributed by atoms with van der Waals surface area (Å²) in [6, 6.07) is 0. The summed E-state index contributed by atoms with van der Waals surface area (Å²) >= 11 is 0. The molecule has 0 amide bonds. The molecule has 0 aromatic heterocycles. The van der Waals surface area contributed by atoms with Gasteiger partial charge in [0.1, 0.15) is 0 Å². The van der Waals surface area contributed by atoms with Crippen LogP contribution in [0.5, 0.6) is 0 Å². The Bertz CT molecular complexity index is 260. The van der Waals surface area contributed by atoms with Crippen molar-refractivity contribution in [3.8, 4) is 0 Å². The van der Waals surface area contributed by atoms with Gasteiger partial charge in [0.05, 0.1) is 39.6 Å². The minimum atomic E-state index is -0.844. The number of carboxylic acid groups (broad SMARTS) is 1. The molecule has 0 radical (unpaired) electrons. The van der Waals surface area contributed by atoms with Crippen LogP contribution in [-0.4, -0.2) is 75.3 Å². The van der Waals surface area contributed by atoms with Gasteiger partial charge in [0, 0.05) is 19.7 Å². The third-order valence-electron chi connectivity index (χ3n) is 2.68. The first-order chi connectivity index (χ1) is 10.2. The second-order valence-corrected chi connectivity index (χ2v) is 4.61. The van der Waals surface area contributed by atoms with E-state index < -0.39 is 5.97 Å². The van der Waals surface area contributed by atoms with E-state index in [0.717, 1.165) is 19.4 Å². The summed E-state index contributed by atoms with van der Waals surface area (Å²) in [6.07, 6.45) is 3.91.